The summed E-state index contributed by atoms with van der Waals surface area (Å²) in [6.07, 6.45) is 6.43. The molecular weight excluding hydrogens is 314 g/mol. The molecule has 18 heavy (non-hydrogen) atoms. The highest BCUT2D eigenvalue weighted by Crippen LogP contribution is 2.27. The van der Waals surface area contributed by atoms with Crippen molar-refractivity contribution >= 4 is 33.4 Å². The summed E-state index contributed by atoms with van der Waals surface area (Å²) in [4.78, 5) is 11.9. The van der Waals surface area contributed by atoms with Crippen molar-refractivity contribution < 1.29 is 4.79 Å². The molecule has 1 aromatic carbocycles. The first kappa shape index (κ1) is 13.9. The maximum Gasteiger partial charge on any atom is 0.251 e. The van der Waals surface area contributed by atoms with Crippen molar-refractivity contribution in [1.82, 2.24) is 5.32 Å². The van der Waals surface area contributed by atoms with E-state index in [9.17, 15) is 4.79 Å². The van der Waals surface area contributed by atoms with Crippen molar-refractivity contribution in [3.8, 4) is 0 Å². The SMILES string of the molecule is O=C(NCCC1CCCC1)c1ccc(Br)c(Cl)c1. The van der Waals surface area contributed by atoms with E-state index in [1.807, 2.05) is 0 Å². The Balaban J connectivity index is 1.81. The smallest absolute Gasteiger partial charge is 0.251 e. The van der Waals surface area contributed by atoms with Gasteiger partial charge in [-0.3, -0.25) is 4.79 Å². The van der Waals surface area contributed by atoms with Crippen LogP contribution in [0, 0.1) is 5.92 Å². The maximum atomic E-state index is 11.9. The molecule has 1 aromatic rings. The van der Waals surface area contributed by atoms with E-state index in [0.29, 0.717) is 10.6 Å². The predicted octanol–water partition coefficient (Wildman–Crippen LogP) is 4.41. The van der Waals surface area contributed by atoms with Crippen molar-refractivity contribution in [2.24, 2.45) is 5.92 Å². The molecule has 0 aromatic heterocycles. The van der Waals surface area contributed by atoms with E-state index in [0.717, 1.165) is 23.4 Å². The van der Waals surface area contributed by atoms with Gasteiger partial charge in [-0.1, -0.05) is 37.3 Å². The number of carbonyl (C=O) groups is 1. The van der Waals surface area contributed by atoms with Crippen LogP contribution >= 0.6 is 27.5 Å². The first-order valence-electron chi connectivity index (χ1n) is 6.40. The Morgan fingerprint density at radius 3 is 2.78 bits per heavy atom. The molecule has 0 heterocycles. The molecular formula is C14H17BrClNO. The van der Waals surface area contributed by atoms with Crippen LogP contribution in [0.3, 0.4) is 0 Å². The van der Waals surface area contributed by atoms with Gasteiger partial charge in [0.25, 0.3) is 5.91 Å². The molecule has 1 aliphatic rings. The Bertz CT molecular complexity index is 430. The van der Waals surface area contributed by atoms with Gasteiger partial charge in [0.2, 0.25) is 0 Å². The highest BCUT2D eigenvalue weighted by atomic mass is 79.9. The molecule has 4 heteroatoms. The monoisotopic (exact) mass is 329 g/mol. The van der Waals surface area contributed by atoms with Crippen LogP contribution in [0.2, 0.25) is 5.02 Å². The van der Waals surface area contributed by atoms with Crippen LogP contribution in [0.4, 0.5) is 0 Å². The van der Waals surface area contributed by atoms with Gasteiger partial charge >= 0.3 is 0 Å². The van der Waals surface area contributed by atoms with Crippen molar-refractivity contribution in [3.05, 3.63) is 33.3 Å². The molecule has 1 amide bonds. The van der Waals surface area contributed by atoms with E-state index in [4.69, 9.17) is 11.6 Å². The number of rotatable bonds is 4. The number of nitrogens with one attached hydrogen (secondary N) is 1. The minimum absolute atomic E-state index is 0.0394. The fourth-order valence-corrected chi connectivity index (χ4v) is 2.86. The molecule has 98 valence electrons. The highest BCUT2D eigenvalue weighted by Gasteiger charge is 2.15. The molecule has 0 bridgehead atoms. The molecule has 2 rings (SSSR count). The second kappa shape index (κ2) is 6.58. The number of carbonyl (C=O) groups excluding carboxylic acids is 1. The lowest BCUT2D eigenvalue weighted by atomic mass is 10.0. The van der Waals surface area contributed by atoms with Crippen LogP contribution in [-0.2, 0) is 0 Å². The Morgan fingerprint density at radius 2 is 2.11 bits per heavy atom. The van der Waals surface area contributed by atoms with Gasteiger partial charge in [0, 0.05) is 16.6 Å². The number of halogens is 2. The van der Waals surface area contributed by atoms with E-state index in [2.05, 4.69) is 21.2 Å². The van der Waals surface area contributed by atoms with E-state index >= 15 is 0 Å². The second-order valence-corrected chi connectivity index (χ2v) is 6.09. The summed E-state index contributed by atoms with van der Waals surface area (Å²) in [6, 6.07) is 5.27. The molecule has 1 aliphatic carbocycles. The lowest BCUT2D eigenvalue weighted by molar-refractivity contribution is 0.0951. The van der Waals surface area contributed by atoms with E-state index in [1.165, 1.54) is 25.7 Å². The van der Waals surface area contributed by atoms with Crippen LogP contribution in [-0.4, -0.2) is 12.5 Å². The Morgan fingerprint density at radius 1 is 1.39 bits per heavy atom. The first-order valence-corrected chi connectivity index (χ1v) is 7.57. The summed E-state index contributed by atoms with van der Waals surface area (Å²) >= 11 is 9.28. The Kier molecular flexibility index (Phi) is 5.07. The van der Waals surface area contributed by atoms with E-state index < -0.39 is 0 Å². The van der Waals surface area contributed by atoms with Crippen LogP contribution in [0.5, 0.6) is 0 Å². The van der Waals surface area contributed by atoms with Crippen LogP contribution in [0.25, 0.3) is 0 Å². The zero-order valence-corrected chi connectivity index (χ0v) is 12.6. The average molecular weight is 331 g/mol. The van der Waals surface area contributed by atoms with Gasteiger partial charge in [-0.15, -0.1) is 0 Å². The summed E-state index contributed by atoms with van der Waals surface area (Å²) in [5.74, 6) is 0.765. The van der Waals surface area contributed by atoms with Gasteiger partial charge in [0.15, 0.2) is 0 Å². The Hall–Kier alpha value is -0.540. The summed E-state index contributed by atoms with van der Waals surface area (Å²) in [6.45, 7) is 0.761. The van der Waals surface area contributed by atoms with Gasteiger partial charge in [-0.05, 0) is 46.5 Å². The van der Waals surface area contributed by atoms with Gasteiger partial charge in [0.1, 0.15) is 0 Å². The summed E-state index contributed by atoms with van der Waals surface area (Å²) in [5.41, 5.74) is 0.620. The zero-order valence-electron chi connectivity index (χ0n) is 10.2. The minimum Gasteiger partial charge on any atom is -0.352 e. The molecule has 1 fully saturated rings. The summed E-state index contributed by atoms with van der Waals surface area (Å²) in [5, 5.41) is 3.53. The predicted molar refractivity (Wildman–Crippen MR) is 78.1 cm³/mol. The molecule has 0 saturated heterocycles. The molecule has 2 nitrogen and oxygen atoms in total. The number of hydrogen-bond donors (Lipinski definition) is 1. The fourth-order valence-electron chi connectivity index (χ4n) is 2.43. The van der Waals surface area contributed by atoms with Gasteiger partial charge in [-0.25, -0.2) is 0 Å². The summed E-state index contributed by atoms with van der Waals surface area (Å²) in [7, 11) is 0. The van der Waals surface area contributed by atoms with Crippen LogP contribution in [0.1, 0.15) is 42.5 Å². The number of amides is 1. The molecule has 0 atom stereocenters. The van der Waals surface area contributed by atoms with Crippen molar-refractivity contribution in [2.45, 2.75) is 32.1 Å². The summed E-state index contributed by atoms with van der Waals surface area (Å²) < 4.78 is 0.812. The van der Waals surface area contributed by atoms with E-state index in [-0.39, 0.29) is 5.91 Å². The Labute approximate surface area is 121 Å². The lowest BCUT2D eigenvalue weighted by Gasteiger charge is -2.10. The third-order valence-corrected chi connectivity index (χ3v) is 4.73. The van der Waals surface area contributed by atoms with Crippen LogP contribution in [0.15, 0.2) is 22.7 Å². The fraction of sp³-hybridized carbons (Fsp3) is 0.500. The van der Waals surface area contributed by atoms with Gasteiger partial charge in [-0.2, -0.15) is 0 Å². The second-order valence-electron chi connectivity index (χ2n) is 4.82. The lowest BCUT2D eigenvalue weighted by Crippen LogP contribution is -2.25. The minimum atomic E-state index is -0.0394. The van der Waals surface area contributed by atoms with Crippen molar-refractivity contribution in [2.75, 3.05) is 6.54 Å². The maximum absolute atomic E-state index is 11.9. The van der Waals surface area contributed by atoms with Crippen molar-refractivity contribution in [3.63, 3.8) is 0 Å². The molecule has 0 aliphatic heterocycles. The molecule has 0 radical (unpaired) electrons. The standard InChI is InChI=1S/C14H17BrClNO/c15-12-6-5-11(9-13(12)16)14(18)17-8-7-10-3-1-2-4-10/h5-6,9-10H,1-4,7-8H2,(H,17,18). The third-order valence-electron chi connectivity index (χ3n) is 3.49. The largest absolute Gasteiger partial charge is 0.352 e. The topological polar surface area (TPSA) is 29.1 Å². The highest BCUT2D eigenvalue weighted by molar-refractivity contribution is 9.10. The first-order chi connectivity index (χ1) is 8.66. The molecule has 0 spiro atoms. The zero-order chi connectivity index (χ0) is 13.0. The molecule has 1 N–H and O–H groups in total. The molecule has 0 unspecified atom stereocenters. The van der Waals surface area contributed by atoms with Gasteiger partial charge < -0.3 is 5.32 Å². The quantitative estimate of drug-likeness (QED) is 0.870. The van der Waals surface area contributed by atoms with Crippen LogP contribution < -0.4 is 5.32 Å². The number of hydrogen-bond acceptors (Lipinski definition) is 1. The normalized spacial score (nSPS) is 15.9. The number of benzene rings is 1. The van der Waals surface area contributed by atoms with Crippen molar-refractivity contribution in [1.29, 1.82) is 0 Å². The average Bonchev–Trinajstić information content (AvgIpc) is 2.85. The molecule has 1 saturated carbocycles. The van der Waals surface area contributed by atoms with E-state index in [1.54, 1.807) is 18.2 Å². The van der Waals surface area contributed by atoms with Gasteiger partial charge in [0.05, 0.1) is 5.02 Å². The third kappa shape index (κ3) is 3.72.